The molecule has 0 fully saturated rings. The Morgan fingerprint density at radius 1 is 1.14 bits per heavy atom. The Morgan fingerprint density at radius 2 is 1.86 bits per heavy atom. The minimum atomic E-state index is -3.68. The Labute approximate surface area is 169 Å². The summed E-state index contributed by atoms with van der Waals surface area (Å²) >= 11 is 5.88. The summed E-state index contributed by atoms with van der Waals surface area (Å²) in [6.07, 6.45) is 0.667. The van der Waals surface area contributed by atoms with E-state index in [1.54, 1.807) is 25.3 Å². The van der Waals surface area contributed by atoms with Gasteiger partial charge >= 0.3 is 0 Å². The highest BCUT2D eigenvalue weighted by Gasteiger charge is 2.25. The van der Waals surface area contributed by atoms with Gasteiger partial charge in [0.1, 0.15) is 11.4 Å². The minimum absolute atomic E-state index is 0.0843. The molecule has 0 unspecified atom stereocenters. The molecule has 0 atom stereocenters. The lowest BCUT2D eigenvalue weighted by Crippen LogP contribution is -2.31. The molecule has 0 saturated heterocycles. The van der Waals surface area contributed by atoms with E-state index in [-0.39, 0.29) is 11.4 Å². The van der Waals surface area contributed by atoms with E-state index in [1.165, 1.54) is 16.4 Å². The molecule has 0 bridgehead atoms. The van der Waals surface area contributed by atoms with Crippen molar-refractivity contribution >= 4 is 21.6 Å². The number of sulfonamides is 1. The topological polar surface area (TPSA) is 72.6 Å². The fourth-order valence-electron chi connectivity index (χ4n) is 2.83. The molecule has 8 heteroatoms. The monoisotopic (exact) mass is 420 g/mol. The summed E-state index contributed by atoms with van der Waals surface area (Å²) in [5.74, 6) is 1.12. The van der Waals surface area contributed by atoms with E-state index in [0.717, 1.165) is 5.56 Å². The Morgan fingerprint density at radius 3 is 2.54 bits per heavy atom. The number of hydrogen-bond acceptors (Lipinski definition) is 5. The molecule has 28 heavy (non-hydrogen) atoms. The lowest BCUT2D eigenvalue weighted by Gasteiger charge is -2.20. The van der Waals surface area contributed by atoms with Crippen molar-refractivity contribution in [2.75, 3.05) is 13.7 Å². The van der Waals surface area contributed by atoms with E-state index in [9.17, 15) is 8.42 Å². The Bertz CT molecular complexity index is 1030. The zero-order valence-electron chi connectivity index (χ0n) is 15.6. The summed E-state index contributed by atoms with van der Waals surface area (Å²) in [5.41, 5.74) is 1.37. The van der Waals surface area contributed by atoms with Crippen LogP contribution >= 0.6 is 11.6 Å². The normalized spacial score (nSPS) is 11.7. The van der Waals surface area contributed by atoms with Crippen molar-refractivity contribution in [3.63, 3.8) is 0 Å². The van der Waals surface area contributed by atoms with Gasteiger partial charge in [0.05, 0.1) is 18.6 Å². The van der Waals surface area contributed by atoms with Gasteiger partial charge in [-0.2, -0.15) is 4.31 Å². The Kier molecular flexibility index (Phi) is 6.39. The molecule has 0 aliphatic carbocycles. The molecule has 1 heterocycles. The van der Waals surface area contributed by atoms with Crippen LogP contribution in [-0.2, 0) is 16.6 Å². The third-order valence-electron chi connectivity index (χ3n) is 4.20. The molecule has 0 N–H and O–H groups in total. The van der Waals surface area contributed by atoms with Crippen LogP contribution in [0.25, 0.3) is 11.3 Å². The van der Waals surface area contributed by atoms with Gasteiger partial charge in [0.2, 0.25) is 10.0 Å². The first kappa shape index (κ1) is 20.4. The number of hydrogen-bond donors (Lipinski definition) is 0. The molecule has 0 amide bonds. The molecule has 0 radical (unpaired) electrons. The van der Waals surface area contributed by atoms with E-state index in [2.05, 4.69) is 5.16 Å². The Balaban J connectivity index is 1.87. The first-order valence-corrected chi connectivity index (χ1v) is 10.6. The van der Waals surface area contributed by atoms with Gasteiger partial charge in [-0.15, -0.1) is 0 Å². The van der Waals surface area contributed by atoms with Gasteiger partial charge in [-0.25, -0.2) is 8.42 Å². The van der Waals surface area contributed by atoms with Crippen molar-refractivity contribution in [1.29, 1.82) is 0 Å². The van der Waals surface area contributed by atoms with Crippen LogP contribution < -0.4 is 4.74 Å². The van der Waals surface area contributed by atoms with Gasteiger partial charge in [0.25, 0.3) is 0 Å². The molecule has 0 aliphatic heterocycles. The summed E-state index contributed by atoms with van der Waals surface area (Å²) in [6.45, 7) is 2.36. The molecule has 3 rings (SSSR count). The number of ether oxygens (including phenoxy) is 1. The molecule has 3 aromatic rings. The van der Waals surface area contributed by atoms with E-state index in [4.69, 9.17) is 20.9 Å². The van der Waals surface area contributed by atoms with Gasteiger partial charge in [-0.05, 0) is 42.8 Å². The predicted octanol–water partition coefficient (Wildman–Crippen LogP) is 4.60. The molecular formula is C20H21ClN2O4S. The second-order valence-corrected chi connectivity index (χ2v) is 8.55. The van der Waals surface area contributed by atoms with E-state index >= 15 is 0 Å². The van der Waals surface area contributed by atoms with E-state index < -0.39 is 10.0 Å². The fraction of sp³-hybridized carbons (Fsp3) is 0.250. The third-order valence-corrected chi connectivity index (χ3v) is 6.31. The second-order valence-electron chi connectivity index (χ2n) is 6.17. The van der Waals surface area contributed by atoms with Gasteiger partial charge < -0.3 is 9.26 Å². The highest BCUT2D eigenvalue weighted by atomic mass is 35.5. The summed E-state index contributed by atoms with van der Waals surface area (Å²) in [6, 6.07) is 15.3. The molecule has 2 aromatic carbocycles. The molecule has 1 aromatic heterocycles. The average Bonchev–Trinajstić information content (AvgIpc) is 3.16. The number of para-hydroxylation sites is 1. The predicted molar refractivity (Wildman–Crippen MR) is 108 cm³/mol. The summed E-state index contributed by atoms with van der Waals surface area (Å²) in [7, 11) is -2.10. The second kappa shape index (κ2) is 8.77. The van der Waals surface area contributed by atoms with Crippen molar-refractivity contribution in [1.82, 2.24) is 9.46 Å². The minimum Gasteiger partial charge on any atom is -0.496 e. The van der Waals surface area contributed by atoms with Gasteiger partial charge in [0.15, 0.2) is 5.76 Å². The van der Waals surface area contributed by atoms with Crippen molar-refractivity contribution in [2.45, 2.75) is 24.8 Å². The van der Waals surface area contributed by atoms with Gasteiger partial charge in [-0.3, -0.25) is 0 Å². The highest BCUT2D eigenvalue weighted by molar-refractivity contribution is 7.89. The van der Waals surface area contributed by atoms with Crippen LogP contribution in [0.1, 0.15) is 19.1 Å². The van der Waals surface area contributed by atoms with Crippen molar-refractivity contribution in [3.05, 3.63) is 65.4 Å². The zero-order chi connectivity index (χ0) is 20.1. The van der Waals surface area contributed by atoms with Gasteiger partial charge in [0, 0.05) is 23.2 Å². The standard InChI is InChI=1S/C20H21ClN2O4S/c1-3-12-23(28(24,25)17-10-8-15(21)9-11-17)14-16-13-19(22-27-16)18-6-4-5-7-20(18)26-2/h4-11,13H,3,12,14H2,1-2H3. The van der Waals surface area contributed by atoms with Crippen LogP contribution in [0, 0.1) is 0 Å². The number of methoxy groups -OCH3 is 1. The van der Waals surface area contributed by atoms with Crippen molar-refractivity contribution in [3.8, 4) is 17.0 Å². The lowest BCUT2D eigenvalue weighted by atomic mass is 10.1. The first-order chi connectivity index (χ1) is 13.5. The maximum Gasteiger partial charge on any atom is 0.243 e. The number of halogens is 1. The number of nitrogens with zero attached hydrogens (tertiary/aromatic N) is 2. The average molecular weight is 421 g/mol. The van der Waals surface area contributed by atoms with Crippen molar-refractivity contribution in [2.24, 2.45) is 0 Å². The molecular weight excluding hydrogens is 400 g/mol. The molecule has 0 saturated carbocycles. The van der Waals surface area contributed by atoms with Crippen LogP contribution in [0.4, 0.5) is 0 Å². The SMILES string of the molecule is CCCN(Cc1cc(-c2ccccc2OC)no1)S(=O)(=O)c1ccc(Cl)cc1. The van der Waals surface area contributed by atoms with Crippen LogP contribution in [0.2, 0.25) is 5.02 Å². The Hall–Kier alpha value is -2.35. The third kappa shape index (κ3) is 4.38. The van der Waals surface area contributed by atoms with Crippen molar-refractivity contribution < 1.29 is 17.7 Å². The molecule has 0 spiro atoms. The molecule has 148 valence electrons. The van der Waals surface area contributed by atoms with Crippen LogP contribution in [0.15, 0.2) is 64.0 Å². The fourth-order valence-corrected chi connectivity index (χ4v) is 4.46. The summed E-state index contributed by atoms with van der Waals surface area (Å²) in [4.78, 5) is 0.190. The van der Waals surface area contributed by atoms with Gasteiger partial charge in [-0.1, -0.05) is 35.8 Å². The number of aromatic nitrogens is 1. The van der Waals surface area contributed by atoms with E-state index in [0.29, 0.717) is 35.2 Å². The quantitative estimate of drug-likeness (QED) is 0.532. The largest absolute Gasteiger partial charge is 0.496 e. The van der Waals surface area contributed by atoms with Crippen LogP contribution in [0.3, 0.4) is 0 Å². The molecule has 6 nitrogen and oxygen atoms in total. The lowest BCUT2D eigenvalue weighted by molar-refractivity contribution is 0.322. The first-order valence-electron chi connectivity index (χ1n) is 8.80. The van der Waals surface area contributed by atoms with Crippen LogP contribution in [0.5, 0.6) is 5.75 Å². The van der Waals surface area contributed by atoms with Crippen LogP contribution in [-0.4, -0.2) is 31.5 Å². The summed E-state index contributed by atoms with van der Waals surface area (Å²) < 4.78 is 38.2. The number of rotatable bonds is 8. The smallest absolute Gasteiger partial charge is 0.243 e. The zero-order valence-corrected chi connectivity index (χ0v) is 17.2. The van der Waals surface area contributed by atoms with E-state index in [1.807, 2.05) is 31.2 Å². The maximum absolute atomic E-state index is 13.0. The summed E-state index contributed by atoms with van der Waals surface area (Å²) in [5, 5.41) is 4.56. The maximum atomic E-state index is 13.0. The number of benzene rings is 2. The molecule has 0 aliphatic rings. The highest BCUT2D eigenvalue weighted by Crippen LogP contribution is 2.30.